The van der Waals surface area contributed by atoms with E-state index in [1.807, 2.05) is 31.2 Å². The fourth-order valence-corrected chi connectivity index (χ4v) is 2.41. The summed E-state index contributed by atoms with van der Waals surface area (Å²) in [4.78, 5) is 14.0. The first-order valence-corrected chi connectivity index (χ1v) is 7.07. The van der Waals surface area contributed by atoms with Crippen LogP contribution in [-0.4, -0.2) is 48.8 Å². The van der Waals surface area contributed by atoms with E-state index in [1.54, 1.807) is 0 Å². The van der Waals surface area contributed by atoms with Crippen molar-refractivity contribution in [2.45, 2.75) is 13.3 Å². The van der Waals surface area contributed by atoms with Crippen molar-refractivity contribution in [1.82, 2.24) is 4.90 Å². The lowest BCUT2D eigenvalue weighted by atomic mass is 10.1. The van der Waals surface area contributed by atoms with Gasteiger partial charge in [-0.05, 0) is 50.1 Å². The van der Waals surface area contributed by atoms with Gasteiger partial charge in [-0.3, -0.25) is 9.69 Å². The molecule has 0 radical (unpaired) electrons. The van der Waals surface area contributed by atoms with Crippen LogP contribution in [0.15, 0.2) is 24.3 Å². The van der Waals surface area contributed by atoms with Gasteiger partial charge in [0.2, 0.25) is 5.91 Å². The Balaban J connectivity index is 1.79. The van der Waals surface area contributed by atoms with Crippen molar-refractivity contribution < 1.29 is 14.6 Å². The van der Waals surface area contributed by atoms with Gasteiger partial charge in [0.25, 0.3) is 0 Å². The minimum Gasteiger partial charge on any atom is -0.494 e. The van der Waals surface area contributed by atoms with Crippen LogP contribution in [0.2, 0.25) is 0 Å². The van der Waals surface area contributed by atoms with Crippen LogP contribution in [0, 0.1) is 5.92 Å². The molecular formula is C15H22N2O3. The summed E-state index contributed by atoms with van der Waals surface area (Å²) < 4.78 is 5.35. The third kappa shape index (κ3) is 4.21. The monoisotopic (exact) mass is 278 g/mol. The van der Waals surface area contributed by atoms with Crippen molar-refractivity contribution in [2.24, 2.45) is 5.92 Å². The van der Waals surface area contributed by atoms with Crippen LogP contribution in [0.3, 0.4) is 0 Å². The molecule has 1 aliphatic rings. The van der Waals surface area contributed by atoms with Crippen LogP contribution in [-0.2, 0) is 4.79 Å². The average Bonchev–Trinajstić information content (AvgIpc) is 2.89. The van der Waals surface area contributed by atoms with Gasteiger partial charge in [-0.1, -0.05) is 0 Å². The van der Waals surface area contributed by atoms with Gasteiger partial charge in [0, 0.05) is 18.8 Å². The number of aliphatic hydroxyl groups is 1. The highest BCUT2D eigenvalue weighted by molar-refractivity contribution is 5.92. The number of ether oxygens (including phenoxy) is 1. The molecule has 1 aliphatic heterocycles. The Bertz CT molecular complexity index is 433. The highest BCUT2D eigenvalue weighted by atomic mass is 16.5. The van der Waals surface area contributed by atoms with Crippen molar-refractivity contribution in [2.75, 3.05) is 38.2 Å². The first-order valence-electron chi connectivity index (χ1n) is 7.07. The molecule has 5 heteroatoms. The molecule has 2 N–H and O–H groups in total. The number of hydrogen-bond acceptors (Lipinski definition) is 4. The number of anilines is 1. The number of likely N-dealkylation sites (tertiary alicyclic amines) is 1. The van der Waals surface area contributed by atoms with Gasteiger partial charge in [-0.15, -0.1) is 0 Å². The quantitative estimate of drug-likeness (QED) is 0.824. The van der Waals surface area contributed by atoms with E-state index in [0.29, 0.717) is 19.1 Å². The van der Waals surface area contributed by atoms with Crippen LogP contribution in [0.5, 0.6) is 5.75 Å². The summed E-state index contributed by atoms with van der Waals surface area (Å²) in [5.41, 5.74) is 0.774. The molecular weight excluding hydrogens is 256 g/mol. The van der Waals surface area contributed by atoms with Crippen LogP contribution in [0.25, 0.3) is 0 Å². The fraction of sp³-hybridized carbons (Fsp3) is 0.533. The van der Waals surface area contributed by atoms with E-state index in [9.17, 15) is 4.79 Å². The SMILES string of the molecule is CCOc1ccc(NC(=O)CN2CCC(CO)C2)cc1. The molecule has 1 atom stereocenters. The molecule has 1 aromatic rings. The molecule has 1 heterocycles. The number of nitrogens with zero attached hydrogens (tertiary/aromatic N) is 1. The van der Waals surface area contributed by atoms with E-state index in [0.717, 1.165) is 30.9 Å². The minimum atomic E-state index is -0.0206. The van der Waals surface area contributed by atoms with E-state index in [4.69, 9.17) is 9.84 Å². The highest BCUT2D eigenvalue weighted by Crippen LogP contribution is 2.17. The summed E-state index contributed by atoms with van der Waals surface area (Å²) >= 11 is 0. The summed E-state index contributed by atoms with van der Waals surface area (Å²) in [5.74, 6) is 1.09. The molecule has 5 nitrogen and oxygen atoms in total. The lowest BCUT2D eigenvalue weighted by molar-refractivity contribution is -0.117. The third-order valence-electron chi connectivity index (χ3n) is 3.44. The zero-order chi connectivity index (χ0) is 14.4. The number of aliphatic hydroxyl groups excluding tert-OH is 1. The van der Waals surface area contributed by atoms with Gasteiger partial charge in [-0.25, -0.2) is 0 Å². The van der Waals surface area contributed by atoms with E-state index >= 15 is 0 Å². The topological polar surface area (TPSA) is 61.8 Å². The van der Waals surface area contributed by atoms with Crippen LogP contribution >= 0.6 is 0 Å². The molecule has 1 saturated heterocycles. The van der Waals surface area contributed by atoms with Crippen molar-refractivity contribution >= 4 is 11.6 Å². The number of carbonyl (C=O) groups is 1. The zero-order valence-corrected chi connectivity index (χ0v) is 11.8. The maximum Gasteiger partial charge on any atom is 0.238 e. The van der Waals surface area contributed by atoms with E-state index in [2.05, 4.69) is 10.2 Å². The van der Waals surface area contributed by atoms with Crippen molar-refractivity contribution in [3.8, 4) is 5.75 Å². The van der Waals surface area contributed by atoms with Gasteiger partial charge in [0.1, 0.15) is 5.75 Å². The average molecular weight is 278 g/mol. The van der Waals surface area contributed by atoms with Gasteiger partial charge < -0.3 is 15.2 Å². The molecule has 1 unspecified atom stereocenters. The number of amides is 1. The Morgan fingerprint density at radius 1 is 1.45 bits per heavy atom. The third-order valence-corrected chi connectivity index (χ3v) is 3.44. The number of hydrogen-bond donors (Lipinski definition) is 2. The standard InChI is InChI=1S/C15H22N2O3/c1-2-20-14-5-3-13(4-6-14)16-15(19)10-17-8-7-12(9-17)11-18/h3-6,12,18H,2,7-11H2,1H3,(H,16,19). The Morgan fingerprint density at radius 2 is 2.20 bits per heavy atom. The van der Waals surface area contributed by atoms with E-state index in [1.165, 1.54) is 0 Å². The second-order valence-corrected chi connectivity index (χ2v) is 5.08. The highest BCUT2D eigenvalue weighted by Gasteiger charge is 2.23. The molecule has 0 aromatic heterocycles. The Labute approximate surface area is 119 Å². The van der Waals surface area contributed by atoms with E-state index in [-0.39, 0.29) is 12.5 Å². The smallest absolute Gasteiger partial charge is 0.238 e. The second kappa shape index (κ2) is 7.26. The van der Waals surface area contributed by atoms with Crippen LogP contribution in [0.1, 0.15) is 13.3 Å². The molecule has 0 aliphatic carbocycles. The molecule has 20 heavy (non-hydrogen) atoms. The molecule has 1 amide bonds. The number of rotatable bonds is 6. The Kier molecular flexibility index (Phi) is 5.38. The number of benzene rings is 1. The zero-order valence-electron chi connectivity index (χ0n) is 11.8. The lowest BCUT2D eigenvalue weighted by Gasteiger charge is -2.15. The maximum absolute atomic E-state index is 11.9. The summed E-state index contributed by atoms with van der Waals surface area (Å²) in [6.07, 6.45) is 0.965. The second-order valence-electron chi connectivity index (χ2n) is 5.08. The normalized spacial score (nSPS) is 19.0. The predicted octanol–water partition coefficient (Wildman–Crippen LogP) is 1.34. The fourth-order valence-electron chi connectivity index (χ4n) is 2.41. The Hall–Kier alpha value is -1.59. The molecule has 0 bridgehead atoms. The first-order chi connectivity index (χ1) is 9.71. The minimum absolute atomic E-state index is 0.0206. The van der Waals surface area contributed by atoms with E-state index < -0.39 is 0 Å². The summed E-state index contributed by atoms with van der Waals surface area (Å²) in [6.45, 7) is 4.83. The van der Waals surface area contributed by atoms with Gasteiger partial charge in [0.15, 0.2) is 0 Å². The summed E-state index contributed by atoms with van der Waals surface area (Å²) in [6, 6.07) is 7.36. The Morgan fingerprint density at radius 3 is 2.80 bits per heavy atom. The largest absolute Gasteiger partial charge is 0.494 e. The van der Waals surface area contributed by atoms with Crippen molar-refractivity contribution in [3.05, 3.63) is 24.3 Å². The van der Waals surface area contributed by atoms with Gasteiger partial charge >= 0.3 is 0 Å². The van der Waals surface area contributed by atoms with Crippen molar-refractivity contribution in [1.29, 1.82) is 0 Å². The van der Waals surface area contributed by atoms with Gasteiger partial charge in [-0.2, -0.15) is 0 Å². The molecule has 0 saturated carbocycles. The molecule has 1 fully saturated rings. The first kappa shape index (κ1) is 14.8. The predicted molar refractivity (Wildman–Crippen MR) is 77.9 cm³/mol. The summed E-state index contributed by atoms with van der Waals surface area (Å²) in [7, 11) is 0. The molecule has 0 spiro atoms. The number of carbonyl (C=O) groups excluding carboxylic acids is 1. The molecule has 110 valence electrons. The van der Waals surface area contributed by atoms with Gasteiger partial charge in [0.05, 0.1) is 13.2 Å². The summed E-state index contributed by atoms with van der Waals surface area (Å²) in [5, 5.41) is 12.0. The van der Waals surface area contributed by atoms with Crippen molar-refractivity contribution in [3.63, 3.8) is 0 Å². The number of nitrogens with one attached hydrogen (secondary N) is 1. The molecule has 1 aromatic carbocycles. The maximum atomic E-state index is 11.9. The van der Waals surface area contributed by atoms with Crippen LogP contribution < -0.4 is 10.1 Å². The van der Waals surface area contributed by atoms with Crippen LogP contribution in [0.4, 0.5) is 5.69 Å². The molecule has 2 rings (SSSR count). The lowest BCUT2D eigenvalue weighted by Crippen LogP contribution is -2.31.